The Morgan fingerprint density at radius 3 is 2.43 bits per heavy atom. The number of likely N-dealkylation sites (N-methyl/N-ethyl adjacent to an activating group) is 1. The molecule has 0 N–H and O–H groups in total. The summed E-state index contributed by atoms with van der Waals surface area (Å²) in [4.78, 5) is 21.6. The fraction of sp³-hybridized carbons (Fsp3) is 0.609. The normalized spacial score (nSPS) is 11.3. The molecule has 166 valence electrons. The number of ether oxygens (including phenoxy) is 1. The summed E-state index contributed by atoms with van der Waals surface area (Å²) in [6.45, 7) is 13.1. The number of benzene rings is 1. The van der Waals surface area contributed by atoms with Gasteiger partial charge in [0.1, 0.15) is 5.75 Å². The number of aryl methyl sites for hydroxylation is 1. The lowest BCUT2D eigenvalue weighted by Crippen LogP contribution is -2.40. The van der Waals surface area contributed by atoms with Gasteiger partial charge in [-0.05, 0) is 49.7 Å². The van der Waals surface area contributed by atoms with Gasteiger partial charge in [0.05, 0.1) is 7.11 Å². The van der Waals surface area contributed by atoms with Crippen molar-refractivity contribution in [2.75, 3.05) is 39.8 Å². The van der Waals surface area contributed by atoms with Crippen molar-refractivity contribution in [2.45, 2.75) is 47.0 Å². The van der Waals surface area contributed by atoms with E-state index in [-0.39, 0.29) is 5.91 Å². The van der Waals surface area contributed by atoms with E-state index in [1.807, 2.05) is 29.2 Å². The van der Waals surface area contributed by atoms with Crippen LogP contribution in [0.3, 0.4) is 0 Å². The van der Waals surface area contributed by atoms with E-state index in [1.165, 1.54) is 0 Å². The van der Waals surface area contributed by atoms with Crippen LogP contribution >= 0.6 is 0 Å². The molecule has 0 fully saturated rings. The molecule has 0 unspecified atom stereocenters. The third-order valence-corrected chi connectivity index (χ3v) is 5.12. The van der Waals surface area contributed by atoms with Gasteiger partial charge in [-0.2, -0.15) is 4.98 Å². The molecule has 1 heterocycles. The second-order valence-electron chi connectivity index (χ2n) is 7.85. The third-order valence-electron chi connectivity index (χ3n) is 5.12. The molecule has 7 nitrogen and oxygen atoms in total. The Morgan fingerprint density at radius 2 is 1.83 bits per heavy atom. The predicted molar refractivity (Wildman–Crippen MR) is 118 cm³/mol. The largest absolute Gasteiger partial charge is 0.497 e. The molecule has 0 saturated heterocycles. The van der Waals surface area contributed by atoms with Gasteiger partial charge in [0.2, 0.25) is 17.6 Å². The standard InChI is InChI=1S/C23H36N4O3/c1-6-26(7-2)15-16-27(17-18(3)4)22(28)10-8-9-21-24-23(25-30-21)19-11-13-20(29-5)14-12-19/h11-14,18H,6-10,15-17H2,1-5H3. The van der Waals surface area contributed by atoms with Crippen LogP contribution in [0, 0.1) is 5.92 Å². The molecule has 0 aliphatic carbocycles. The Labute approximate surface area is 180 Å². The summed E-state index contributed by atoms with van der Waals surface area (Å²) in [5.41, 5.74) is 0.876. The zero-order valence-electron chi connectivity index (χ0n) is 19.1. The number of hydrogen-bond donors (Lipinski definition) is 0. The number of rotatable bonds is 13. The fourth-order valence-corrected chi connectivity index (χ4v) is 3.32. The Balaban J connectivity index is 1.85. The van der Waals surface area contributed by atoms with E-state index in [4.69, 9.17) is 9.26 Å². The van der Waals surface area contributed by atoms with Crippen LogP contribution in [0.5, 0.6) is 5.75 Å². The van der Waals surface area contributed by atoms with Gasteiger partial charge in [-0.3, -0.25) is 4.79 Å². The second-order valence-corrected chi connectivity index (χ2v) is 7.85. The number of nitrogens with zero attached hydrogens (tertiary/aromatic N) is 4. The van der Waals surface area contributed by atoms with E-state index in [2.05, 4.69) is 42.7 Å². The quantitative estimate of drug-likeness (QED) is 0.493. The van der Waals surface area contributed by atoms with E-state index in [1.54, 1.807) is 7.11 Å². The first-order valence-corrected chi connectivity index (χ1v) is 10.9. The molecule has 0 aliphatic rings. The first-order chi connectivity index (χ1) is 14.5. The van der Waals surface area contributed by atoms with Crippen molar-refractivity contribution in [2.24, 2.45) is 5.92 Å². The predicted octanol–water partition coefficient (Wildman–Crippen LogP) is 3.89. The molecule has 0 radical (unpaired) electrons. The number of carbonyl (C=O) groups excluding carboxylic acids is 1. The van der Waals surface area contributed by atoms with Crippen LogP contribution in [0.4, 0.5) is 0 Å². The number of carbonyl (C=O) groups is 1. The average Bonchev–Trinajstić information content (AvgIpc) is 3.22. The van der Waals surface area contributed by atoms with Crippen molar-refractivity contribution in [3.8, 4) is 17.1 Å². The summed E-state index contributed by atoms with van der Waals surface area (Å²) in [5.74, 6) is 2.55. The van der Waals surface area contributed by atoms with Crippen LogP contribution in [0.25, 0.3) is 11.4 Å². The number of hydrogen-bond acceptors (Lipinski definition) is 6. The summed E-state index contributed by atoms with van der Waals surface area (Å²) in [7, 11) is 1.63. The van der Waals surface area contributed by atoms with E-state index in [0.717, 1.165) is 44.0 Å². The van der Waals surface area contributed by atoms with Crippen molar-refractivity contribution in [3.05, 3.63) is 30.2 Å². The third kappa shape index (κ3) is 7.44. The van der Waals surface area contributed by atoms with Crippen molar-refractivity contribution in [3.63, 3.8) is 0 Å². The highest BCUT2D eigenvalue weighted by Crippen LogP contribution is 2.20. The SMILES string of the molecule is CCN(CC)CCN(CC(C)C)C(=O)CCCc1nc(-c2ccc(OC)cc2)no1. The van der Waals surface area contributed by atoms with Gasteiger partial charge in [0.15, 0.2) is 0 Å². The van der Waals surface area contributed by atoms with Gasteiger partial charge in [0, 0.05) is 38.0 Å². The molecule has 1 aromatic heterocycles. The lowest BCUT2D eigenvalue weighted by atomic mass is 10.1. The molecule has 0 saturated carbocycles. The minimum Gasteiger partial charge on any atom is -0.497 e. The number of amides is 1. The smallest absolute Gasteiger partial charge is 0.226 e. The molecular formula is C23H36N4O3. The maximum absolute atomic E-state index is 12.8. The zero-order valence-corrected chi connectivity index (χ0v) is 19.1. The van der Waals surface area contributed by atoms with Gasteiger partial charge in [-0.15, -0.1) is 0 Å². The van der Waals surface area contributed by atoms with Crippen LogP contribution in [0.2, 0.25) is 0 Å². The van der Waals surface area contributed by atoms with Gasteiger partial charge in [0.25, 0.3) is 0 Å². The molecule has 0 aliphatic heterocycles. The minimum absolute atomic E-state index is 0.200. The van der Waals surface area contributed by atoms with Gasteiger partial charge in [-0.25, -0.2) is 0 Å². The summed E-state index contributed by atoms with van der Waals surface area (Å²) in [6.07, 6.45) is 1.79. The first kappa shape index (κ1) is 23.9. The second kappa shape index (κ2) is 12.3. The van der Waals surface area contributed by atoms with Crippen LogP contribution in [-0.4, -0.2) is 65.7 Å². The summed E-state index contributed by atoms with van der Waals surface area (Å²) in [6, 6.07) is 7.53. The summed E-state index contributed by atoms with van der Waals surface area (Å²) >= 11 is 0. The van der Waals surface area contributed by atoms with Crippen LogP contribution in [-0.2, 0) is 11.2 Å². The molecule has 2 aromatic rings. The highest BCUT2D eigenvalue weighted by atomic mass is 16.5. The van der Waals surface area contributed by atoms with Crippen LogP contribution < -0.4 is 4.74 Å². The topological polar surface area (TPSA) is 71.7 Å². The molecule has 1 amide bonds. The van der Waals surface area contributed by atoms with Gasteiger partial charge >= 0.3 is 0 Å². The lowest BCUT2D eigenvalue weighted by molar-refractivity contribution is -0.132. The minimum atomic E-state index is 0.200. The number of methoxy groups -OCH3 is 1. The van der Waals surface area contributed by atoms with Crippen molar-refractivity contribution in [1.82, 2.24) is 19.9 Å². The van der Waals surface area contributed by atoms with Crippen molar-refractivity contribution in [1.29, 1.82) is 0 Å². The molecule has 1 aromatic carbocycles. The molecule has 0 spiro atoms. The first-order valence-electron chi connectivity index (χ1n) is 10.9. The summed E-state index contributed by atoms with van der Waals surface area (Å²) in [5, 5.41) is 4.05. The zero-order chi connectivity index (χ0) is 21.9. The summed E-state index contributed by atoms with van der Waals surface area (Å²) < 4.78 is 10.5. The Kier molecular flexibility index (Phi) is 9.80. The van der Waals surface area contributed by atoms with Crippen molar-refractivity contribution >= 4 is 5.91 Å². The molecule has 2 rings (SSSR count). The maximum atomic E-state index is 12.8. The molecule has 30 heavy (non-hydrogen) atoms. The lowest BCUT2D eigenvalue weighted by Gasteiger charge is -2.28. The Bertz CT molecular complexity index is 754. The van der Waals surface area contributed by atoms with E-state index in [9.17, 15) is 4.79 Å². The van der Waals surface area contributed by atoms with Gasteiger partial charge in [-0.1, -0.05) is 32.9 Å². The van der Waals surface area contributed by atoms with Crippen molar-refractivity contribution < 1.29 is 14.1 Å². The fourth-order valence-electron chi connectivity index (χ4n) is 3.32. The monoisotopic (exact) mass is 416 g/mol. The van der Waals surface area contributed by atoms with Crippen LogP contribution in [0.1, 0.15) is 46.4 Å². The molecular weight excluding hydrogens is 380 g/mol. The van der Waals surface area contributed by atoms with Crippen LogP contribution in [0.15, 0.2) is 28.8 Å². The highest BCUT2D eigenvalue weighted by Gasteiger charge is 2.16. The average molecular weight is 417 g/mol. The number of aromatic nitrogens is 2. The van der Waals surface area contributed by atoms with E-state index >= 15 is 0 Å². The molecule has 7 heteroatoms. The van der Waals surface area contributed by atoms with E-state index < -0.39 is 0 Å². The molecule has 0 atom stereocenters. The highest BCUT2D eigenvalue weighted by molar-refractivity contribution is 5.76. The molecule has 0 bridgehead atoms. The van der Waals surface area contributed by atoms with E-state index in [0.29, 0.717) is 36.9 Å². The maximum Gasteiger partial charge on any atom is 0.226 e. The Hall–Kier alpha value is -2.41. The van der Waals surface area contributed by atoms with Gasteiger partial charge < -0.3 is 19.1 Å². The Morgan fingerprint density at radius 1 is 1.13 bits per heavy atom.